The van der Waals surface area contributed by atoms with E-state index in [1.165, 1.54) is 16.6 Å². The van der Waals surface area contributed by atoms with Crippen molar-refractivity contribution in [1.82, 2.24) is 9.62 Å². The fourth-order valence-electron chi connectivity index (χ4n) is 2.58. The minimum absolute atomic E-state index is 0.0311. The Morgan fingerprint density at radius 2 is 1.86 bits per heavy atom. The van der Waals surface area contributed by atoms with Gasteiger partial charge in [0.05, 0.1) is 6.26 Å². The molecule has 1 aromatic carbocycles. The number of sulfonamides is 1. The number of rotatable bonds is 4. The standard InChI is InChI=1S/C14H22FN3O2S/c1-11(16-2)13-10-12(15)4-5-14(13)17-6-8-18(9-7-17)21(3,19)20/h4-5,10-11,16H,6-9H2,1-3H3. The Bertz CT molecular complexity index is 598. The molecule has 1 aromatic rings. The monoisotopic (exact) mass is 315 g/mol. The van der Waals surface area contributed by atoms with Gasteiger partial charge < -0.3 is 10.2 Å². The second kappa shape index (κ2) is 6.29. The SMILES string of the molecule is CNC(C)c1cc(F)ccc1N1CCN(S(C)(=O)=O)CC1. The Morgan fingerprint density at radius 1 is 1.24 bits per heavy atom. The summed E-state index contributed by atoms with van der Waals surface area (Å²) in [5.74, 6) is -0.259. The van der Waals surface area contributed by atoms with E-state index in [9.17, 15) is 12.8 Å². The van der Waals surface area contributed by atoms with Gasteiger partial charge in [-0.1, -0.05) is 0 Å². The van der Waals surface area contributed by atoms with Gasteiger partial charge in [0.1, 0.15) is 5.82 Å². The largest absolute Gasteiger partial charge is 0.369 e. The molecule has 0 aliphatic carbocycles. The van der Waals surface area contributed by atoms with E-state index in [4.69, 9.17) is 0 Å². The molecule has 1 N–H and O–H groups in total. The summed E-state index contributed by atoms with van der Waals surface area (Å²) in [6, 6.07) is 4.79. The first-order valence-electron chi connectivity index (χ1n) is 6.99. The van der Waals surface area contributed by atoms with Crippen molar-refractivity contribution in [2.75, 3.05) is 44.4 Å². The van der Waals surface area contributed by atoms with Gasteiger partial charge in [0, 0.05) is 37.9 Å². The molecule has 7 heteroatoms. The predicted molar refractivity (Wildman–Crippen MR) is 82.5 cm³/mol. The molecule has 0 radical (unpaired) electrons. The van der Waals surface area contributed by atoms with Gasteiger partial charge in [-0.25, -0.2) is 12.8 Å². The Labute approximate surface area is 125 Å². The molecule has 1 aliphatic rings. The summed E-state index contributed by atoms with van der Waals surface area (Å²) in [6.45, 7) is 4.13. The van der Waals surface area contributed by atoms with Gasteiger partial charge in [0.25, 0.3) is 0 Å². The normalized spacial score (nSPS) is 18.8. The number of hydrogen-bond acceptors (Lipinski definition) is 4. The van der Waals surface area contributed by atoms with Crippen LogP contribution in [0.15, 0.2) is 18.2 Å². The lowest BCUT2D eigenvalue weighted by molar-refractivity contribution is 0.387. The Morgan fingerprint density at radius 3 is 2.38 bits per heavy atom. The van der Waals surface area contributed by atoms with Crippen molar-refractivity contribution in [2.45, 2.75) is 13.0 Å². The Balaban J connectivity index is 2.20. The summed E-state index contributed by atoms with van der Waals surface area (Å²) in [6.07, 6.45) is 1.23. The lowest BCUT2D eigenvalue weighted by atomic mass is 10.0. The van der Waals surface area contributed by atoms with Crippen molar-refractivity contribution in [1.29, 1.82) is 0 Å². The molecule has 0 spiro atoms. The zero-order chi connectivity index (χ0) is 15.6. The molecule has 1 atom stereocenters. The highest BCUT2D eigenvalue weighted by Crippen LogP contribution is 2.28. The van der Waals surface area contributed by atoms with E-state index in [0.717, 1.165) is 11.3 Å². The fraction of sp³-hybridized carbons (Fsp3) is 0.571. The van der Waals surface area contributed by atoms with E-state index in [0.29, 0.717) is 26.2 Å². The van der Waals surface area contributed by atoms with Gasteiger partial charge >= 0.3 is 0 Å². The van der Waals surface area contributed by atoms with Gasteiger partial charge in [0.15, 0.2) is 0 Å². The molecule has 0 aromatic heterocycles. The fourth-order valence-corrected chi connectivity index (χ4v) is 3.40. The minimum atomic E-state index is -3.14. The van der Waals surface area contributed by atoms with Gasteiger partial charge in [-0.15, -0.1) is 0 Å². The third-order valence-electron chi connectivity index (χ3n) is 3.94. The topological polar surface area (TPSA) is 52.6 Å². The van der Waals surface area contributed by atoms with Gasteiger partial charge in [-0.2, -0.15) is 4.31 Å². The summed E-state index contributed by atoms with van der Waals surface area (Å²) in [7, 11) is -1.30. The smallest absolute Gasteiger partial charge is 0.211 e. The molecule has 1 aliphatic heterocycles. The third kappa shape index (κ3) is 3.72. The van der Waals surface area contributed by atoms with E-state index >= 15 is 0 Å². The van der Waals surface area contributed by atoms with Crippen molar-refractivity contribution in [3.05, 3.63) is 29.6 Å². The van der Waals surface area contributed by atoms with Gasteiger partial charge in [0.2, 0.25) is 10.0 Å². The van der Waals surface area contributed by atoms with Crippen LogP contribution in [0.3, 0.4) is 0 Å². The summed E-state index contributed by atoms with van der Waals surface area (Å²) in [4.78, 5) is 2.12. The van der Waals surface area contributed by atoms with Crippen molar-refractivity contribution in [3.63, 3.8) is 0 Å². The van der Waals surface area contributed by atoms with Crippen LogP contribution in [0.5, 0.6) is 0 Å². The maximum Gasteiger partial charge on any atom is 0.211 e. The quantitative estimate of drug-likeness (QED) is 0.907. The number of halogens is 1. The zero-order valence-corrected chi connectivity index (χ0v) is 13.5. The van der Waals surface area contributed by atoms with Crippen LogP contribution in [0.4, 0.5) is 10.1 Å². The highest BCUT2D eigenvalue weighted by molar-refractivity contribution is 7.88. The minimum Gasteiger partial charge on any atom is -0.369 e. The average molecular weight is 315 g/mol. The van der Waals surface area contributed by atoms with Crippen LogP contribution >= 0.6 is 0 Å². The highest BCUT2D eigenvalue weighted by Gasteiger charge is 2.25. The molecule has 1 saturated heterocycles. The molecule has 118 valence electrons. The lowest BCUT2D eigenvalue weighted by Crippen LogP contribution is -2.48. The number of anilines is 1. The van der Waals surface area contributed by atoms with Crippen molar-refractivity contribution < 1.29 is 12.8 Å². The maximum absolute atomic E-state index is 13.5. The van der Waals surface area contributed by atoms with Gasteiger partial charge in [-0.05, 0) is 37.7 Å². The van der Waals surface area contributed by atoms with Crippen molar-refractivity contribution in [3.8, 4) is 0 Å². The van der Waals surface area contributed by atoms with E-state index in [1.54, 1.807) is 12.1 Å². The average Bonchev–Trinajstić information content (AvgIpc) is 2.45. The summed E-state index contributed by atoms with van der Waals surface area (Å²) >= 11 is 0. The third-order valence-corrected chi connectivity index (χ3v) is 5.24. The molecule has 0 saturated carbocycles. The second-order valence-electron chi connectivity index (χ2n) is 5.36. The van der Waals surface area contributed by atoms with Crippen LogP contribution in [-0.4, -0.2) is 52.2 Å². The summed E-state index contributed by atoms with van der Waals surface area (Å²) in [5, 5.41) is 3.12. The molecule has 21 heavy (non-hydrogen) atoms. The number of nitrogens with one attached hydrogen (secondary N) is 1. The lowest BCUT2D eigenvalue weighted by Gasteiger charge is -2.36. The van der Waals surface area contributed by atoms with Crippen LogP contribution in [-0.2, 0) is 10.0 Å². The van der Waals surface area contributed by atoms with Crippen LogP contribution in [0.2, 0.25) is 0 Å². The molecular formula is C14H22FN3O2S. The van der Waals surface area contributed by atoms with Crippen molar-refractivity contribution >= 4 is 15.7 Å². The van der Waals surface area contributed by atoms with E-state index in [-0.39, 0.29) is 11.9 Å². The first-order valence-corrected chi connectivity index (χ1v) is 8.84. The molecule has 0 bridgehead atoms. The molecule has 1 fully saturated rings. The number of piperazine rings is 1. The highest BCUT2D eigenvalue weighted by atomic mass is 32.2. The second-order valence-corrected chi connectivity index (χ2v) is 7.35. The molecule has 0 amide bonds. The molecule has 1 unspecified atom stereocenters. The predicted octanol–water partition coefficient (Wildman–Crippen LogP) is 1.19. The first kappa shape index (κ1) is 16.2. The number of hydrogen-bond donors (Lipinski definition) is 1. The van der Waals surface area contributed by atoms with Crippen LogP contribution < -0.4 is 10.2 Å². The Hall–Kier alpha value is -1.18. The van der Waals surface area contributed by atoms with Crippen LogP contribution in [0.1, 0.15) is 18.5 Å². The zero-order valence-electron chi connectivity index (χ0n) is 12.6. The van der Waals surface area contributed by atoms with Crippen LogP contribution in [0.25, 0.3) is 0 Å². The molecule has 5 nitrogen and oxygen atoms in total. The van der Waals surface area contributed by atoms with E-state index < -0.39 is 10.0 Å². The van der Waals surface area contributed by atoms with Gasteiger partial charge in [-0.3, -0.25) is 0 Å². The summed E-state index contributed by atoms with van der Waals surface area (Å²) in [5.41, 5.74) is 1.86. The maximum atomic E-state index is 13.5. The van der Waals surface area contributed by atoms with Crippen molar-refractivity contribution in [2.24, 2.45) is 0 Å². The van der Waals surface area contributed by atoms with E-state index in [2.05, 4.69) is 10.2 Å². The number of benzene rings is 1. The summed E-state index contributed by atoms with van der Waals surface area (Å²) < 4.78 is 38.1. The number of nitrogens with zero attached hydrogens (tertiary/aromatic N) is 2. The first-order chi connectivity index (χ1) is 9.82. The van der Waals surface area contributed by atoms with E-state index in [1.807, 2.05) is 14.0 Å². The molecular weight excluding hydrogens is 293 g/mol. The Kier molecular flexibility index (Phi) is 4.85. The van der Waals surface area contributed by atoms with Crippen LogP contribution in [0, 0.1) is 5.82 Å². The molecule has 1 heterocycles. The molecule has 2 rings (SSSR count).